The fraction of sp³-hybridized carbons (Fsp3) is 0.0385. The average molecular weight is 609 g/mol. The first-order chi connectivity index (χ1) is 19.4. The lowest BCUT2D eigenvalue weighted by Gasteiger charge is -2.15. The summed E-state index contributed by atoms with van der Waals surface area (Å²) in [5.74, 6) is -4.95. The molecule has 3 aromatic heterocycles. The van der Waals surface area contributed by atoms with Crippen molar-refractivity contribution in [2.45, 2.75) is 11.1 Å². The second kappa shape index (κ2) is 10.8. The van der Waals surface area contributed by atoms with Crippen LogP contribution in [0.5, 0.6) is 11.5 Å². The number of anilines is 1. The van der Waals surface area contributed by atoms with Gasteiger partial charge in [-0.1, -0.05) is 12.1 Å². The molecule has 0 aliphatic carbocycles. The first-order valence-corrected chi connectivity index (χ1v) is 13.7. The maximum Gasteiger partial charge on any atom is 0.419 e. The number of hydrogen-bond donors (Lipinski definition) is 1. The third kappa shape index (κ3) is 6.00. The van der Waals surface area contributed by atoms with Crippen LogP contribution >= 0.6 is 11.3 Å². The topological polar surface area (TPSA) is 94.1 Å². The van der Waals surface area contributed by atoms with Crippen LogP contribution in [0.3, 0.4) is 0 Å². The van der Waals surface area contributed by atoms with Gasteiger partial charge in [0.15, 0.2) is 23.1 Å². The van der Waals surface area contributed by atoms with E-state index in [-0.39, 0.29) is 28.4 Å². The normalized spacial score (nSPS) is 11.9. The summed E-state index contributed by atoms with van der Waals surface area (Å²) >= 11 is 1.09. The number of aromatic nitrogens is 3. The van der Waals surface area contributed by atoms with Gasteiger partial charge in [-0.05, 0) is 24.3 Å². The van der Waals surface area contributed by atoms with Crippen molar-refractivity contribution in [3.05, 3.63) is 101 Å². The van der Waals surface area contributed by atoms with Gasteiger partial charge in [0, 0.05) is 46.6 Å². The molecular weight excluding hydrogens is 594 g/mol. The van der Waals surface area contributed by atoms with Gasteiger partial charge in [0.05, 0.1) is 23.0 Å². The molecule has 0 atom stereocenters. The van der Waals surface area contributed by atoms with Crippen LogP contribution in [-0.4, -0.2) is 23.4 Å². The summed E-state index contributed by atoms with van der Waals surface area (Å²) in [5, 5.41) is 1.36. The Balaban J connectivity index is 1.52. The van der Waals surface area contributed by atoms with Crippen molar-refractivity contribution in [2.75, 3.05) is 4.72 Å². The van der Waals surface area contributed by atoms with Gasteiger partial charge in [-0.2, -0.15) is 13.2 Å². The molecule has 15 heteroatoms. The standard InChI is InChI=1S/C26H14F6N4O3S2/c27-18-6-14(3-4-17(18)26(30,31)32)21-7-16(15-2-1-5-33-10-15)23(11-34-21)39-22-8-20(29)24(9-19(22)28)41(37,38)36-25-12-40-13-35-25/h1-13,36H. The van der Waals surface area contributed by atoms with Gasteiger partial charge in [0.2, 0.25) is 0 Å². The number of rotatable bonds is 7. The molecule has 0 saturated heterocycles. The van der Waals surface area contributed by atoms with E-state index < -0.39 is 49.9 Å². The van der Waals surface area contributed by atoms with Crippen molar-refractivity contribution in [3.8, 4) is 33.9 Å². The van der Waals surface area contributed by atoms with Crippen molar-refractivity contribution in [1.29, 1.82) is 0 Å². The van der Waals surface area contributed by atoms with E-state index in [1.165, 1.54) is 29.4 Å². The first-order valence-electron chi connectivity index (χ1n) is 11.3. The summed E-state index contributed by atoms with van der Waals surface area (Å²) in [6.07, 6.45) is -0.944. The minimum Gasteiger partial charge on any atom is -0.452 e. The molecule has 1 N–H and O–H groups in total. The molecule has 0 aliphatic heterocycles. The Labute approximate surface area is 232 Å². The zero-order valence-electron chi connectivity index (χ0n) is 20.2. The summed E-state index contributed by atoms with van der Waals surface area (Å²) in [5.41, 5.74) is 0.546. The predicted octanol–water partition coefficient (Wildman–Crippen LogP) is 7.30. The number of pyridine rings is 2. The van der Waals surface area contributed by atoms with Gasteiger partial charge in [-0.15, -0.1) is 11.3 Å². The van der Waals surface area contributed by atoms with E-state index in [9.17, 15) is 30.4 Å². The van der Waals surface area contributed by atoms with Crippen molar-refractivity contribution >= 4 is 27.2 Å². The van der Waals surface area contributed by atoms with E-state index >= 15 is 4.39 Å². The molecule has 0 bridgehead atoms. The number of ether oxygens (including phenoxy) is 1. The zero-order valence-corrected chi connectivity index (χ0v) is 21.8. The molecule has 0 unspecified atom stereocenters. The smallest absolute Gasteiger partial charge is 0.419 e. The highest BCUT2D eigenvalue weighted by atomic mass is 32.2. The Bertz CT molecular complexity index is 1830. The molecular formula is C26H14F6N4O3S2. The summed E-state index contributed by atoms with van der Waals surface area (Å²) in [6, 6.07) is 7.77. The largest absolute Gasteiger partial charge is 0.452 e. The van der Waals surface area contributed by atoms with E-state index in [1.54, 1.807) is 12.1 Å². The Kier molecular flexibility index (Phi) is 7.40. The Morgan fingerprint density at radius 1 is 0.854 bits per heavy atom. The fourth-order valence-corrected chi connectivity index (χ4v) is 5.33. The van der Waals surface area contributed by atoms with Crippen LogP contribution in [0, 0.1) is 17.5 Å². The van der Waals surface area contributed by atoms with Gasteiger partial charge in [-0.25, -0.2) is 26.6 Å². The van der Waals surface area contributed by atoms with Crippen molar-refractivity contribution in [2.24, 2.45) is 0 Å². The van der Waals surface area contributed by atoms with Crippen LogP contribution in [0.4, 0.5) is 32.2 Å². The van der Waals surface area contributed by atoms with Gasteiger partial charge in [0.1, 0.15) is 16.5 Å². The highest BCUT2D eigenvalue weighted by molar-refractivity contribution is 7.92. The lowest BCUT2D eigenvalue weighted by atomic mass is 10.0. The summed E-state index contributed by atoms with van der Waals surface area (Å²) in [7, 11) is -4.53. The minimum atomic E-state index is -4.89. The molecule has 0 spiro atoms. The highest BCUT2D eigenvalue weighted by Gasteiger charge is 2.34. The van der Waals surface area contributed by atoms with Crippen molar-refractivity contribution in [3.63, 3.8) is 0 Å². The van der Waals surface area contributed by atoms with Gasteiger partial charge in [0.25, 0.3) is 10.0 Å². The molecule has 0 amide bonds. The van der Waals surface area contributed by atoms with Crippen LogP contribution in [0.1, 0.15) is 5.56 Å². The second-order valence-corrected chi connectivity index (χ2v) is 10.7. The number of sulfonamides is 1. The number of thiazole rings is 1. The third-order valence-electron chi connectivity index (χ3n) is 5.58. The van der Waals surface area contributed by atoms with E-state index in [4.69, 9.17) is 4.74 Å². The summed E-state index contributed by atoms with van der Waals surface area (Å²) in [6.45, 7) is 0. The van der Waals surface area contributed by atoms with E-state index in [2.05, 4.69) is 15.0 Å². The van der Waals surface area contributed by atoms with Crippen LogP contribution in [0.15, 0.2) is 82.9 Å². The summed E-state index contributed by atoms with van der Waals surface area (Å²) < 4.78 is 116. The van der Waals surface area contributed by atoms with Crippen molar-refractivity contribution in [1.82, 2.24) is 15.0 Å². The maximum atomic E-state index is 15.0. The zero-order chi connectivity index (χ0) is 29.4. The van der Waals surface area contributed by atoms with E-state index in [0.29, 0.717) is 29.8 Å². The molecule has 0 saturated carbocycles. The molecule has 0 aliphatic rings. The predicted molar refractivity (Wildman–Crippen MR) is 137 cm³/mol. The van der Waals surface area contributed by atoms with Gasteiger partial charge in [-0.3, -0.25) is 14.7 Å². The minimum absolute atomic E-state index is 0.00610. The molecule has 41 heavy (non-hydrogen) atoms. The molecule has 210 valence electrons. The van der Waals surface area contributed by atoms with Crippen LogP contribution in [0.2, 0.25) is 0 Å². The Morgan fingerprint density at radius 3 is 2.32 bits per heavy atom. The molecule has 5 aromatic rings. The molecule has 3 heterocycles. The average Bonchev–Trinajstić information content (AvgIpc) is 3.42. The first kappa shape index (κ1) is 28.0. The maximum absolute atomic E-state index is 15.0. The molecule has 2 aromatic carbocycles. The second-order valence-electron chi connectivity index (χ2n) is 8.29. The lowest BCUT2D eigenvalue weighted by Crippen LogP contribution is -2.15. The molecule has 0 radical (unpaired) electrons. The van der Waals surface area contributed by atoms with Gasteiger partial charge < -0.3 is 4.74 Å². The Morgan fingerprint density at radius 2 is 1.66 bits per heavy atom. The fourth-order valence-electron chi connectivity index (χ4n) is 3.70. The van der Waals surface area contributed by atoms with Crippen LogP contribution < -0.4 is 9.46 Å². The SMILES string of the molecule is O=S(=O)(Nc1cscn1)c1cc(F)c(Oc2cnc(-c3ccc(C(F)(F)F)c(F)c3)cc2-c2cccnc2)cc1F. The molecule has 5 rings (SSSR count). The number of nitrogens with one attached hydrogen (secondary N) is 1. The van der Waals surface area contributed by atoms with Crippen LogP contribution in [0.25, 0.3) is 22.4 Å². The van der Waals surface area contributed by atoms with E-state index in [0.717, 1.165) is 23.6 Å². The number of halogens is 6. The monoisotopic (exact) mass is 608 g/mol. The number of benzene rings is 2. The molecule has 0 fully saturated rings. The Hall–Kier alpha value is -4.50. The quantitative estimate of drug-likeness (QED) is 0.195. The lowest BCUT2D eigenvalue weighted by molar-refractivity contribution is -0.139. The highest BCUT2D eigenvalue weighted by Crippen LogP contribution is 2.38. The summed E-state index contributed by atoms with van der Waals surface area (Å²) in [4.78, 5) is 10.8. The number of alkyl halides is 3. The number of nitrogens with zero attached hydrogens (tertiary/aromatic N) is 3. The third-order valence-corrected chi connectivity index (χ3v) is 7.53. The van der Waals surface area contributed by atoms with E-state index in [1.807, 2.05) is 4.72 Å². The van der Waals surface area contributed by atoms with Crippen LogP contribution in [-0.2, 0) is 16.2 Å². The van der Waals surface area contributed by atoms with Crippen molar-refractivity contribution < 1.29 is 39.5 Å². The number of hydrogen-bond acceptors (Lipinski definition) is 7. The molecule has 7 nitrogen and oxygen atoms in total. The van der Waals surface area contributed by atoms with Gasteiger partial charge >= 0.3 is 6.18 Å².